The van der Waals surface area contributed by atoms with Gasteiger partial charge in [0, 0.05) is 6.04 Å². The number of hydrogen-bond acceptors (Lipinski definition) is 2. The third-order valence-electron chi connectivity index (χ3n) is 2.62. The van der Waals surface area contributed by atoms with E-state index in [0.29, 0.717) is 0 Å². The molecule has 0 saturated carbocycles. The molecule has 3 atom stereocenters. The Morgan fingerprint density at radius 3 is 2.09 bits per heavy atom. The molecular weight excluding hydrogens is 162 g/mol. The van der Waals surface area contributed by atoms with Crippen LogP contribution in [0, 0.1) is 5.92 Å². The van der Waals surface area contributed by atoms with Crippen molar-refractivity contribution in [2.75, 3.05) is 0 Å². The van der Waals surface area contributed by atoms with Crippen LogP contribution in [0.1, 0.15) is 27.2 Å². The standard InChI is InChI=1S/C7H15NO2S/c1-4-7-5(2)6(3)11(9,10)8-7/h5-8H,4H2,1-3H3/t5-,6-,7-/m1/s1. The van der Waals surface area contributed by atoms with Gasteiger partial charge < -0.3 is 0 Å². The first-order valence-electron chi connectivity index (χ1n) is 4.00. The Bertz CT molecular complexity index is 235. The molecule has 0 bridgehead atoms. The highest BCUT2D eigenvalue weighted by atomic mass is 32.2. The predicted molar refractivity (Wildman–Crippen MR) is 44.8 cm³/mol. The second-order valence-electron chi connectivity index (χ2n) is 3.24. The third-order valence-corrected chi connectivity index (χ3v) is 4.66. The van der Waals surface area contributed by atoms with Gasteiger partial charge in [-0.05, 0) is 19.3 Å². The van der Waals surface area contributed by atoms with Gasteiger partial charge >= 0.3 is 0 Å². The number of nitrogens with one attached hydrogen (secondary N) is 1. The lowest BCUT2D eigenvalue weighted by molar-refractivity contribution is 0.450. The van der Waals surface area contributed by atoms with E-state index in [2.05, 4.69) is 4.72 Å². The molecule has 1 rings (SSSR count). The van der Waals surface area contributed by atoms with Crippen molar-refractivity contribution < 1.29 is 8.42 Å². The smallest absolute Gasteiger partial charge is 0.212 e. The van der Waals surface area contributed by atoms with E-state index in [4.69, 9.17) is 0 Å². The summed E-state index contributed by atoms with van der Waals surface area (Å²) in [4.78, 5) is 0. The Kier molecular flexibility index (Phi) is 2.25. The maximum Gasteiger partial charge on any atom is 0.214 e. The minimum Gasteiger partial charge on any atom is -0.212 e. The molecule has 0 aromatic heterocycles. The predicted octanol–water partition coefficient (Wildman–Crippen LogP) is 0.723. The van der Waals surface area contributed by atoms with Crippen LogP contribution in [0.15, 0.2) is 0 Å². The first kappa shape index (κ1) is 9.00. The van der Waals surface area contributed by atoms with Crippen LogP contribution in [0.5, 0.6) is 0 Å². The molecule has 0 amide bonds. The van der Waals surface area contributed by atoms with Crippen LogP contribution in [0.4, 0.5) is 0 Å². The lowest BCUT2D eigenvalue weighted by atomic mass is 9.98. The molecule has 1 saturated heterocycles. The Morgan fingerprint density at radius 2 is 1.91 bits per heavy atom. The fraction of sp³-hybridized carbons (Fsp3) is 1.00. The van der Waals surface area contributed by atoms with Crippen molar-refractivity contribution in [1.29, 1.82) is 0 Å². The molecule has 0 spiro atoms. The van der Waals surface area contributed by atoms with Gasteiger partial charge in [-0.25, -0.2) is 13.1 Å². The maximum atomic E-state index is 11.2. The molecule has 1 aliphatic heterocycles. The van der Waals surface area contributed by atoms with Crippen molar-refractivity contribution in [3.63, 3.8) is 0 Å². The molecule has 1 aliphatic rings. The molecule has 1 heterocycles. The molecule has 0 aromatic rings. The van der Waals surface area contributed by atoms with E-state index in [1.54, 1.807) is 6.92 Å². The van der Waals surface area contributed by atoms with Crippen molar-refractivity contribution in [3.05, 3.63) is 0 Å². The van der Waals surface area contributed by atoms with Gasteiger partial charge in [-0.3, -0.25) is 0 Å². The Balaban J connectivity index is 2.86. The largest absolute Gasteiger partial charge is 0.214 e. The van der Waals surface area contributed by atoms with Gasteiger partial charge in [0.1, 0.15) is 0 Å². The highest BCUT2D eigenvalue weighted by molar-refractivity contribution is 7.90. The van der Waals surface area contributed by atoms with Gasteiger partial charge in [0.15, 0.2) is 0 Å². The summed E-state index contributed by atoms with van der Waals surface area (Å²) in [6, 6.07) is 0.148. The minimum atomic E-state index is -2.99. The van der Waals surface area contributed by atoms with Crippen LogP contribution in [0.25, 0.3) is 0 Å². The molecule has 0 radical (unpaired) electrons. The zero-order valence-corrected chi connectivity index (χ0v) is 7.98. The second kappa shape index (κ2) is 2.75. The number of sulfonamides is 1. The first-order valence-corrected chi connectivity index (χ1v) is 5.54. The molecular formula is C7H15NO2S. The Hall–Kier alpha value is -0.0900. The maximum absolute atomic E-state index is 11.2. The topological polar surface area (TPSA) is 46.2 Å². The van der Waals surface area contributed by atoms with Gasteiger partial charge in [-0.15, -0.1) is 0 Å². The van der Waals surface area contributed by atoms with Crippen molar-refractivity contribution in [3.8, 4) is 0 Å². The summed E-state index contributed by atoms with van der Waals surface area (Å²) in [5.41, 5.74) is 0. The summed E-state index contributed by atoms with van der Waals surface area (Å²) >= 11 is 0. The highest BCUT2D eigenvalue weighted by Gasteiger charge is 2.39. The van der Waals surface area contributed by atoms with Gasteiger partial charge in [-0.1, -0.05) is 13.8 Å². The number of rotatable bonds is 1. The summed E-state index contributed by atoms with van der Waals surface area (Å²) < 4.78 is 25.1. The summed E-state index contributed by atoms with van der Waals surface area (Å²) in [6.07, 6.45) is 0.880. The fourth-order valence-electron chi connectivity index (χ4n) is 1.49. The lowest BCUT2D eigenvalue weighted by Gasteiger charge is -2.11. The van der Waals surface area contributed by atoms with Gasteiger partial charge in [0.05, 0.1) is 5.25 Å². The van der Waals surface area contributed by atoms with Crippen molar-refractivity contribution >= 4 is 10.0 Å². The molecule has 66 valence electrons. The van der Waals surface area contributed by atoms with E-state index in [0.717, 1.165) is 6.42 Å². The summed E-state index contributed by atoms with van der Waals surface area (Å²) in [5.74, 6) is 0.241. The van der Waals surface area contributed by atoms with E-state index >= 15 is 0 Å². The summed E-state index contributed by atoms with van der Waals surface area (Å²) in [6.45, 7) is 5.75. The fourth-order valence-corrected chi connectivity index (χ4v) is 3.26. The van der Waals surface area contributed by atoms with Crippen molar-refractivity contribution in [1.82, 2.24) is 4.72 Å². The minimum absolute atomic E-state index is 0.148. The zero-order chi connectivity index (χ0) is 8.65. The average molecular weight is 177 g/mol. The quantitative estimate of drug-likeness (QED) is 0.641. The SMILES string of the molecule is CC[C@H]1NS(=O)(=O)[C@H](C)[C@H]1C. The summed E-state index contributed by atoms with van der Waals surface area (Å²) in [7, 11) is -2.99. The average Bonchev–Trinajstić information content (AvgIpc) is 2.13. The normalized spacial score (nSPS) is 42.6. The van der Waals surface area contributed by atoms with E-state index in [9.17, 15) is 8.42 Å². The molecule has 11 heavy (non-hydrogen) atoms. The van der Waals surface area contributed by atoms with E-state index in [1.807, 2.05) is 13.8 Å². The molecule has 1 N–H and O–H groups in total. The number of hydrogen-bond donors (Lipinski definition) is 1. The van der Waals surface area contributed by atoms with E-state index in [1.165, 1.54) is 0 Å². The third kappa shape index (κ3) is 1.42. The zero-order valence-electron chi connectivity index (χ0n) is 7.16. The van der Waals surface area contributed by atoms with E-state index < -0.39 is 10.0 Å². The van der Waals surface area contributed by atoms with Gasteiger partial charge in [0.2, 0.25) is 10.0 Å². The molecule has 0 unspecified atom stereocenters. The van der Waals surface area contributed by atoms with Gasteiger partial charge in [0.25, 0.3) is 0 Å². The van der Waals surface area contributed by atoms with Crippen LogP contribution in [0.2, 0.25) is 0 Å². The Labute approximate surface area is 68.2 Å². The highest BCUT2D eigenvalue weighted by Crippen LogP contribution is 2.25. The lowest BCUT2D eigenvalue weighted by Crippen LogP contribution is -2.27. The van der Waals surface area contributed by atoms with Gasteiger partial charge in [-0.2, -0.15) is 0 Å². The monoisotopic (exact) mass is 177 g/mol. The molecule has 0 aliphatic carbocycles. The second-order valence-corrected chi connectivity index (χ2v) is 5.31. The van der Waals surface area contributed by atoms with E-state index in [-0.39, 0.29) is 17.2 Å². The molecule has 1 fully saturated rings. The summed E-state index contributed by atoms with van der Waals surface area (Å²) in [5, 5.41) is -0.229. The van der Waals surface area contributed by atoms with Crippen molar-refractivity contribution in [2.24, 2.45) is 5.92 Å². The molecule has 3 nitrogen and oxygen atoms in total. The molecule has 0 aromatic carbocycles. The van der Waals surface area contributed by atoms with Crippen LogP contribution in [0.3, 0.4) is 0 Å². The Morgan fingerprint density at radius 1 is 1.36 bits per heavy atom. The van der Waals surface area contributed by atoms with Crippen LogP contribution in [-0.2, 0) is 10.0 Å². The van der Waals surface area contributed by atoms with Crippen LogP contribution in [-0.4, -0.2) is 19.7 Å². The molecule has 4 heteroatoms. The first-order chi connectivity index (χ1) is 4.99. The van der Waals surface area contributed by atoms with Crippen molar-refractivity contribution in [2.45, 2.75) is 38.5 Å². The van der Waals surface area contributed by atoms with Crippen LogP contribution >= 0.6 is 0 Å². The van der Waals surface area contributed by atoms with Crippen LogP contribution < -0.4 is 4.72 Å².